The zero-order valence-corrected chi connectivity index (χ0v) is 13.7. The Morgan fingerprint density at radius 2 is 2.05 bits per heavy atom. The van der Waals surface area contributed by atoms with Crippen LogP contribution in [-0.2, 0) is 10.0 Å². The molecule has 1 aromatic carbocycles. The average molecular weight is 342 g/mol. The molecule has 2 rings (SSSR count). The number of anilines is 2. The fourth-order valence-electron chi connectivity index (χ4n) is 1.75. The van der Waals surface area contributed by atoms with Gasteiger partial charge in [0.05, 0.1) is 10.6 Å². The number of halogens is 1. The first-order valence-electron chi connectivity index (χ1n) is 5.84. The second-order valence-corrected chi connectivity index (χ2v) is 7.68. The van der Waals surface area contributed by atoms with Gasteiger partial charge in [-0.15, -0.1) is 11.3 Å². The summed E-state index contributed by atoms with van der Waals surface area (Å²) in [7, 11) is -3.87. The van der Waals surface area contributed by atoms with Crippen LogP contribution in [0.4, 0.5) is 10.7 Å². The van der Waals surface area contributed by atoms with E-state index >= 15 is 0 Å². The number of hydrogen-bond acceptors (Lipinski definition) is 5. The molecule has 21 heavy (non-hydrogen) atoms. The first-order chi connectivity index (χ1) is 9.76. The molecule has 0 radical (unpaired) electrons. The molecule has 0 saturated carbocycles. The van der Waals surface area contributed by atoms with Gasteiger partial charge in [0.2, 0.25) is 0 Å². The highest BCUT2D eigenvalue weighted by Gasteiger charge is 2.22. The smallest absolute Gasteiger partial charge is 0.264 e. The molecular formula is C13H12ClN3O2S2. The summed E-state index contributed by atoms with van der Waals surface area (Å²) < 4.78 is 27.2. The van der Waals surface area contributed by atoms with Crippen molar-refractivity contribution >= 4 is 43.6 Å². The van der Waals surface area contributed by atoms with Crippen LogP contribution in [0.1, 0.15) is 16.0 Å². The molecule has 0 amide bonds. The van der Waals surface area contributed by atoms with E-state index in [0.717, 1.165) is 10.4 Å². The first-order valence-corrected chi connectivity index (χ1v) is 8.52. The largest absolute Gasteiger partial charge is 0.399 e. The standard InChI is InChI=1S/C13H12ClN3O2S2/c1-7-8(2)20-13(10(7)6-15)17-21(18,19)12-4-3-9(16)5-11(12)14/h3-5,17H,16H2,1-2H3. The van der Waals surface area contributed by atoms with E-state index in [1.807, 2.05) is 13.0 Å². The molecule has 1 heterocycles. The van der Waals surface area contributed by atoms with Gasteiger partial charge in [0, 0.05) is 10.6 Å². The van der Waals surface area contributed by atoms with Crippen LogP contribution in [0.2, 0.25) is 5.02 Å². The number of nitrogens with two attached hydrogens (primary N) is 1. The summed E-state index contributed by atoms with van der Waals surface area (Å²) in [6, 6.07) is 6.17. The Labute approximate surface area is 132 Å². The normalized spacial score (nSPS) is 11.1. The van der Waals surface area contributed by atoms with E-state index in [-0.39, 0.29) is 9.92 Å². The van der Waals surface area contributed by atoms with Gasteiger partial charge in [0.15, 0.2) is 0 Å². The van der Waals surface area contributed by atoms with E-state index in [9.17, 15) is 8.42 Å². The summed E-state index contributed by atoms with van der Waals surface area (Å²) in [6.45, 7) is 3.60. The lowest BCUT2D eigenvalue weighted by molar-refractivity contribution is 0.601. The van der Waals surface area contributed by atoms with Crippen molar-refractivity contribution in [1.29, 1.82) is 5.26 Å². The SMILES string of the molecule is Cc1sc(NS(=O)(=O)c2ccc(N)cc2Cl)c(C#N)c1C. The number of nitrogens with zero attached hydrogens (tertiary/aromatic N) is 1. The van der Waals surface area contributed by atoms with Crippen molar-refractivity contribution in [2.45, 2.75) is 18.7 Å². The minimum atomic E-state index is -3.87. The lowest BCUT2D eigenvalue weighted by atomic mass is 10.2. The lowest BCUT2D eigenvalue weighted by Crippen LogP contribution is -2.13. The van der Waals surface area contributed by atoms with Crippen molar-refractivity contribution in [3.63, 3.8) is 0 Å². The van der Waals surface area contributed by atoms with E-state index in [1.165, 1.54) is 29.5 Å². The first kappa shape index (κ1) is 15.6. The Morgan fingerprint density at radius 1 is 1.38 bits per heavy atom. The maximum Gasteiger partial charge on any atom is 0.264 e. The van der Waals surface area contributed by atoms with E-state index in [0.29, 0.717) is 16.3 Å². The molecule has 0 aliphatic rings. The molecule has 3 N–H and O–H groups in total. The van der Waals surface area contributed by atoms with E-state index in [2.05, 4.69) is 4.72 Å². The minimum Gasteiger partial charge on any atom is -0.399 e. The van der Waals surface area contributed by atoms with Gasteiger partial charge in [-0.25, -0.2) is 8.42 Å². The molecule has 0 bridgehead atoms. The predicted molar refractivity (Wildman–Crippen MR) is 85.2 cm³/mol. The molecular weight excluding hydrogens is 330 g/mol. The Bertz CT molecular complexity index is 851. The van der Waals surface area contributed by atoms with E-state index < -0.39 is 10.0 Å². The van der Waals surface area contributed by atoms with Crippen molar-refractivity contribution in [3.05, 3.63) is 39.2 Å². The van der Waals surface area contributed by atoms with Gasteiger partial charge < -0.3 is 5.73 Å². The maximum atomic E-state index is 12.4. The molecule has 0 aliphatic carbocycles. The van der Waals surface area contributed by atoms with E-state index in [4.69, 9.17) is 22.6 Å². The van der Waals surface area contributed by atoms with Crippen LogP contribution in [0.5, 0.6) is 0 Å². The summed E-state index contributed by atoms with van der Waals surface area (Å²) in [5, 5.41) is 9.48. The molecule has 0 fully saturated rings. The van der Waals surface area contributed by atoms with Crippen molar-refractivity contribution in [1.82, 2.24) is 0 Å². The van der Waals surface area contributed by atoms with Gasteiger partial charge in [-0.05, 0) is 37.6 Å². The van der Waals surface area contributed by atoms with Gasteiger partial charge in [-0.1, -0.05) is 11.6 Å². The highest BCUT2D eigenvalue weighted by atomic mass is 35.5. The second kappa shape index (κ2) is 5.56. The van der Waals surface area contributed by atoms with Crippen LogP contribution in [0.25, 0.3) is 0 Å². The zero-order chi connectivity index (χ0) is 15.8. The van der Waals surface area contributed by atoms with Crippen LogP contribution in [-0.4, -0.2) is 8.42 Å². The van der Waals surface area contributed by atoms with Gasteiger partial charge >= 0.3 is 0 Å². The number of nitriles is 1. The quantitative estimate of drug-likeness (QED) is 0.837. The molecule has 8 heteroatoms. The molecule has 0 aliphatic heterocycles. The Balaban J connectivity index is 2.48. The summed E-state index contributed by atoms with van der Waals surface area (Å²) in [5.41, 5.74) is 7.02. The minimum absolute atomic E-state index is 0.0333. The van der Waals surface area contributed by atoms with Gasteiger partial charge in [0.1, 0.15) is 16.0 Å². The third-order valence-corrected chi connectivity index (χ3v) is 6.05. The van der Waals surface area contributed by atoms with Gasteiger partial charge in [0.25, 0.3) is 10.0 Å². The summed E-state index contributed by atoms with van der Waals surface area (Å²) in [6.07, 6.45) is 0. The molecule has 0 unspecified atom stereocenters. The Kier molecular flexibility index (Phi) is 4.14. The summed E-state index contributed by atoms with van der Waals surface area (Å²) in [5.74, 6) is 0. The summed E-state index contributed by atoms with van der Waals surface area (Å²) >= 11 is 7.15. The summed E-state index contributed by atoms with van der Waals surface area (Å²) in [4.78, 5) is 0.804. The maximum absolute atomic E-state index is 12.4. The molecule has 0 atom stereocenters. The van der Waals surface area contributed by atoms with Crippen molar-refractivity contribution in [2.24, 2.45) is 0 Å². The van der Waals surface area contributed by atoms with Crippen LogP contribution in [0.15, 0.2) is 23.1 Å². The number of thiophene rings is 1. The van der Waals surface area contributed by atoms with Crippen molar-refractivity contribution in [2.75, 3.05) is 10.5 Å². The van der Waals surface area contributed by atoms with E-state index in [1.54, 1.807) is 6.92 Å². The fraction of sp³-hybridized carbons (Fsp3) is 0.154. The van der Waals surface area contributed by atoms with Gasteiger partial charge in [-0.3, -0.25) is 4.72 Å². The highest BCUT2D eigenvalue weighted by Crippen LogP contribution is 2.34. The average Bonchev–Trinajstić information content (AvgIpc) is 2.63. The second-order valence-electron chi connectivity index (χ2n) is 4.39. The van der Waals surface area contributed by atoms with Crippen LogP contribution in [0.3, 0.4) is 0 Å². The lowest BCUT2D eigenvalue weighted by Gasteiger charge is -2.08. The fourth-order valence-corrected chi connectivity index (χ4v) is 4.62. The number of benzene rings is 1. The number of hydrogen-bond donors (Lipinski definition) is 2. The number of aryl methyl sites for hydroxylation is 1. The number of nitrogen functional groups attached to an aromatic ring is 1. The molecule has 0 saturated heterocycles. The van der Waals surface area contributed by atoms with Crippen LogP contribution in [0, 0.1) is 25.2 Å². The van der Waals surface area contributed by atoms with Gasteiger partial charge in [-0.2, -0.15) is 5.26 Å². The molecule has 5 nitrogen and oxygen atoms in total. The molecule has 0 spiro atoms. The Morgan fingerprint density at radius 3 is 2.62 bits per heavy atom. The predicted octanol–water partition coefficient (Wildman–Crippen LogP) is 3.27. The number of rotatable bonds is 3. The molecule has 110 valence electrons. The third kappa shape index (κ3) is 2.97. The zero-order valence-electron chi connectivity index (χ0n) is 11.3. The Hall–Kier alpha value is -1.75. The topological polar surface area (TPSA) is 96.0 Å². The number of sulfonamides is 1. The number of nitrogens with one attached hydrogen (secondary N) is 1. The third-order valence-electron chi connectivity index (χ3n) is 2.97. The molecule has 1 aromatic heterocycles. The van der Waals surface area contributed by atoms with Crippen LogP contribution < -0.4 is 10.5 Å². The van der Waals surface area contributed by atoms with Crippen LogP contribution >= 0.6 is 22.9 Å². The highest BCUT2D eigenvalue weighted by molar-refractivity contribution is 7.93. The van der Waals surface area contributed by atoms with Crippen molar-refractivity contribution < 1.29 is 8.42 Å². The monoisotopic (exact) mass is 341 g/mol. The molecule has 2 aromatic rings. The van der Waals surface area contributed by atoms with Crippen molar-refractivity contribution in [3.8, 4) is 6.07 Å².